The van der Waals surface area contributed by atoms with Crippen LogP contribution in [-0.4, -0.2) is 49.6 Å². The summed E-state index contributed by atoms with van der Waals surface area (Å²) < 4.78 is 28.1. The SMILES string of the molecule is CC(C)(C)OC(=O)N1CCCC[C@@H]1CS(C)(=O)=O. The van der Waals surface area contributed by atoms with Crippen molar-refractivity contribution in [3.8, 4) is 0 Å². The van der Waals surface area contributed by atoms with Gasteiger partial charge in [0, 0.05) is 18.8 Å². The topological polar surface area (TPSA) is 63.7 Å². The average molecular weight is 277 g/mol. The highest BCUT2D eigenvalue weighted by atomic mass is 32.2. The van der Waals surface area contributed by atoms with Crippen LogP contribution in [0.25, 0.3) is 0 Å². The summed E-state index contributed by atoms with van der Waals surface area (Å²) in [5, 5.41) is 0. The molecule has 18 heavy (non-hydrogen) atoms. The maximum absolute atomic E-state index is 12.0. The van der Waals surface area contributed by atoms with E-state index >= 15 is 0 Å². The summed E-state index contributed by atoms with van der Waals surface area (Å²) >= 11 is 0. The van der Waals surface area contributed by atoms with Crippen molar-refractivity contribution in [3.63, 3.8) is 0 Å². The van der Waals surface area contributed by atoms with Crippen LogP contribution in [0.3, 0.4) is 0 Å². The number of carbonyl (C=O) groups is 1. The molecule has 1 fully saturated rings. The number of likely N-dealkylation sites (tertiary alicyclic amines) is 1. The fraction of sp³-hybridized carbons (Fsp3) is 0.917. The molecular formula is C12H23NO4S. The first kappa shape index (κ1) is 15.3. The van der Waals surface area contributed by atoms with E-state index in [1.165, 1.54) is 6.26 Å². The van der Waals surface area contributed by atoms with Crippen molar-refractivity contribution >= 4 is 15.9 Å². The number of ether oxygens (including phenoxy) is 1. The predicted molar refractivity (Wildman–Crippen MR) is 70.3 cm³/mol. The van der Waals surface area contributed by atoms with Crippen molar-refractivity contribution in [3.05, 3.63) is 0 Å². The van der Waals surface area contributed by atoms with E-state index in [9.17, 15) is 13.2 Å². The van der Waals surface area contributed by atoms with Gasteiger partial charge in [-0.05, 0) is 40.0 Å². The van der Waals surface area contributed by atoms with Gasteiger partial charge in [-0.15, -0.1) is 0 Å². The summed E-state index contributed by atoms with van der Waals surface area (Å²) in [5.74, 6) is 0.0201. The molecule has 6 heteroatoms. The molecule has 1 aliphatic heterocycles. The Morgan fingerprint density at radius 2 is 1.94 bits per heavy atom. The van der Waals surface area contributed by atoms with Gasteiger partial charge >= 0.3 is 6.09 Å². The van der Waals surface area contributed by atoms with Gasteiger partial charge in [0.25, 0.3) is 0 Å². The van der Waals surface area contributed by atoms with Crippen LogP contribution in [0.5, 0.6) is 0 Å². The molecule has 0 aliphatic carbocycles. The number of rotatable bonds is 2. The maximum Gasteiger partial charge on any atom is 0.410 e. The first-order valence-corrected chi connectivity index (χ1v) is 8.32. The lowest BCUT2D eigenvalue weighted by atomic mass is 10.0. The second-order valence-electron chi connectivity index (χ2n) is 5.92. The second-order valence-corrected chi connectivity index (χ2v) is 8.10. The lowest BCUT2D eigenvalue weighted by Gasteiger charge is -2.36. The lowest BCUT2D eigenvalue weighted by Crippen LogP contribution is -2.48. The Bertz CT molecular complexity index is 397. The van der Waals surface area contributed by atoms with E-state index in [4.69, 9.17) is 4.74 Å². The van der Waals surface area contributed by atoms with E-state index in [0.29, 0.717) is 6.54 Å². The zero-order valence-electron chi connectivity index (χ0n) is 11.6. The van der Waals surface area contributed by atoms with Crippen LogP contribution < -0.4 is 0 Å². The van der Waals surface area contributed by atoms with E-state index in [-0.39, 0.29) is 11.8 Å². The van der Waals surface area contributed by atoms with E-state index in [2.05, 4.69) is 0 Å². The largest absolute Gasteiger partial charge is 0.444 e. The Hall–Kier alpha value is -0.780. The number of amides is 1. The van der Waals surface area contributed by atoms with Crippen molar-refractivity contribution in [2.24, 2.45) is 0 Å². The highest BCUT2D eigenvalue weighted by Crippen LogP contribution is 2.21. The molecule has 1 rings (SSSR count). The molecule has 1 atom stereocenters. The summed E-state index contributed by atoms with van der Waals surface area (Å²) in [5.41, 5.74) is -0.551. The average Bonchev–Trinajstić information content (AvgIpc) is 2.12. The zero-order valence-corrected chi connectivity index (χ0v) is 12.4. The standard InChI is InChI=1S/C12H23NO4S/c1-12(2,3)17-11(14)13-8-6-5-7-10(13)9-18(4,15)16/h10H,5-9H2,1-4H3/t10-/m1/s1. The molecule has 0 N–H and O–H groups in total. The molecule has 1 amide bonds. The van der Waals surface area contributed by atoms with Gasteiger partial charge in [0.05, 0.1) is 5.75 Å². The molecule has 1 saturated heterocycles. The van der Waals surface area contributed by atoms with Gasteiger partial charge in [0.2, 0.25) is 0 Å². The van der Waals surface area contributed by atoms with Gasteiger partial charge in [0.1, 0.15) is 15.4 Å². The lowest BCUT2D eigenvalue weighted by molar-refractivity contribution is 0.0124. The second kappa shape index (κ2) is 5.47. The minimum absolute atomic E-state index is 0.0201. The molecule has 0 radical (unpaired) electrons. The zero-order chi connectivity index (χ0) is 14.0. The minimum atomic E-state index is -3.08. The number of sulfone groups is 1. The van der Waals surface area contributed by atoms with Crippen molar-refractivity contribution in [2.75, 3.05) is 18.6 Å². The van der Waals surface area contributed by atoms with Gasteiger partial charge < -0.3 is 9.64 Å². The molecule has 106 valence electrons. The van der Waals surface area contributed by atoms with Crippen LogP contribution in [0.4, 0.5) is 4.79 Å². The molecule has 1 heterocycles. The smallest absolute Gasteiger partial charge is 0.410 e. The third-order valence-corrected chi connectivity index (χ3v) is 3.74. The van der Waals surface area contributed by atoms with Crippen LogP contribution in [0.2, 0.25) is 0 Å². The Morgan fingerprint density at radius 1 is 1.33 bits per heavy atom. The third-order valence-electron chi connectivity index (χ3n) is 2.75. The summed E-state index contributed by atoms with van der Waals surface area (Å²) in [6, 6.07) is -0.247. The maximum atomic E-state index is 12.0. The van der Waals surface area contributed by atoms with Crippen LogP contribution in [0, 0.1) is 0 Å². The highest BCUT2D eigenvalue weighted by Gasteiger charge is 2.32. The molecule has 5 nitrogen and oxygen atoms in total. The van der Waals surface area contributed by atoms with Crippen molar-refractivity contribution in [1.29, 1.82) is 0 Å². The number of hydrogen-bond acceptors (Lipinski definition) is 4. The Kier molecular flexibility index (Phi) is 4.64. The highest BCUT2D eigenvalue weighted by molar-refractivity contribution is 7.90. The molecule has 0 aromatic rings. The molecule has 0 unspecified atom stereocenters. The first-order valence-electron chi connectivity index (χ1n) is 6.26. The summed E-state index contributed by atoms with van der Waals surface area (Å²) in [7, 11) is -3.08. The summed E-state index contributed by atoms with van der Waals surface area (Å²) in [6.45, 7) is 6.00. The van der Waals surface area contributed by atoms with Crippen LogP contribution >= 0.6 is 0 Å². The quantitative estimate of drug-likeness (QED) is 0.772. The predicted octanol–water partition coefficient (Wildman–Crippen LogP) is 1.82. The number of nitrogens with zero attached hydrogens (tertiary/aromatic N) is 1. The molecule has 0 saturated carbocycles. The van der Waals surface area contributed by atoms with E-state index in [1.807, 2.05) is 0 Å². The molecule has 1 aliphatic rings. The molecule has 0 aromatic carbocycles. The Morgan fingerprint density at radius 3 is 2.44 bits per heavy atom. The third kappa shape index (κ3) is 5.25. The van der Waals surface area contributed by atoms with Gasteiger partial charge in [-0.3, -0.25) is 0 Å². The number of piperidine rings is 1. The van der Waals surface area contributed by atoms with Gasteiger partial charge in [0.15, 0.2) is 0 Å². The van der Waals surface area contributed by atoms with Crippen molar-refractivity contribution < 1.29 is 17.9 Å². The Balaban J connectivity index is 2.73. The number of carbonyl (C=O) groups excluding carboxylic acids is 1. The van der Waals surface area contributed by atoms with Crippen LogP contribution in [0.1, 0.15) is 40.0 Å². The molecule has 0 spiro atoms. The first-order chi connectivity index (χ1) is 8.08. The number of hydrogen-bond donors (Lipinski definition) is 0. The monoisotopic (exact) mass is 277 g/mol. The van der Waals surface area contributed by atoms with Crippen molar-refractivity contribution in [2.45, 2.75) is 51.7 Å². The molecule has 0 aromatic heterocycles. The van der Waals surface area contributed by atoms with E-state index in [1.54, 1.807) is 25.7 Å². The summed E-state index contributed by atoms with van der Waals surface area (Å²) in [6.07, 6.45) is 3.39. The van der Waals surface area contributed by atoms with Crippen LogP contribution in [0.15, 0.2) is 0 Å². The fourth-order valence-corrected chi connectivity index (χ4v) is 3.13. The van der Waals surface area contributed by atoms with Gasteiger partial charge in [-0.25, -0.2) is 13.2 Å². The minimum Gasteiger partial charge on any atom is -0.444 e. The summed E-state index contributed by atoms with van der Waals surface area (Å²) in [4.78, 5) is 13.6. The Labute approximate surface area is 109 Å². The van der Waals surface area contributed by atoms with Gasteiger partial charge in [-0.1, -0.05) is 0 Å². The normalized spacial score (nSPS) is 21.8. The fourth-order valence-electron chi connectivity index (χ4n) is 2.08. The van der Waals surface area contributed by atoms with E-state index < -0.39 is 21.5 Å². The van der Waals surface area contributed by atoms with Crippen molar-refractivity contribution in [1.82, 2.24) is 4.90 Å². The van der Waals surface area contributed by atoms with Gasteiger partial charge in [-0.2, -0.15) is 0 Å². The molecular weight excluding hydrogens is 254 g/mol. The molecule has 0 bridgehead atoms. The van der Waals surface area contributed by atoms with Crippen LogP contribution in [-0.2, 0) is 14.6 Å². The van der Waals surface area contributed by atoms with E-state index in [0.717, 1.165) is 19.3 Å².